The summed E-state index contributed by atoms with van der Waals surface area (Å²) in [5, 5.41) is 4.56. The maximum atomic E-state index is 6.19. The van der Waals surface area contributed by atoms with Crippen LogP contribution in [0.15, 0.2) is 22.6 Å². The van der Waals surface area contributed by atoms with Crippen molar-refractivity contribution in [2.24, 2.45) is 0 Å². The zero-order chi connectivity index (χ0) is 14.2. The summed E-state index contributed by atoms with van der Waals surface area (Å²) in [7, 11) is 1.99. The standard InChI is InChI=1S/C17H25NO/c1-7-14(18-6)15-10-12-11(2)8-9-13(16(12)19-15)17(3,4)5/h8-10,14,18H,7H2,1-6H3. The first-order chi connectivity index (χ1) is 8.88. The summed E-state index contributed by atoms with van der Waals surface area (Å²) < 4.78 is 6.19. The number of hydrogen-bond donors (Lipinski definition) is 1. The van der Waals surface area contributed by atoms with Crippen molar-refractivity contribution in [3.8, 4) is 0 Å². The minimum Gasteiger partial charge on any atom is -0.459 e. The van der Waals surface area contributed by atoms with Gasteiger partial charge in [0.25, 0.3) is 0 Å². The minimum atomic E-state index is 0.0996. The van der Waals surface area contributed by atoms with Gasteiger partial charge in [-0.2, -0.15) is 0 Å². The second-order valence-electron chi connectivity index (χ2n) is 6.32. The highest BCUT2D eigenvalue weighted by Gasteiger charge is 2.22. The molecule has 1 N–H and O–H groups in total. The third-order valence-corrected chi connectivity index (χ3v) is 3.83. The molecule has 0 aliphatic carbocycles. The highest BCUT2D eigenvalue weighted by Crippen LogP contribution is 2.35. The van der Waals surface area contributed by atoms with E-state index in [1.165, 1.54) is 16.5 Å². The van der Waals surface area contributed by atoms with Crippen molar-refractivity contribution in [1.82, 2.24) is 5.32 Å². The fourth-order valence-corrected chi connectivity index (χ4v) is 2.59. The van der Waals surface area contributed by atoms with Gasteiger partial charge in [0.15, 0.2) is 0 Å². The summed E-state index contributed by atoms with van der Waals surface area (Å²) in [4.78, 5) is 0. The lowest BCUT2D eigenvalue weighted by Crippen LogP contribution is -2.14. The van der Waals surface area contributed by atoms with Crippen LogP contribution in [0, 0.1) is 6.92 Å². The normalized spacial score (nSPS) is 14.0. The highest BCUT2D eigenvalue weighted by molar-refractivity contribution is 5.85. The Morgan fingerprint density at radius 2 is 1.95 bits per heavy atom. The average Bonchev–Trinajstić information content (AvgIpc) is 2.74. The second kappa shape index (κ2) is 5.01. The van der Waals surface area contributed by atoms with Gasteiger partial charge in [-0.3, -0.25) is 0 Å². The van der Waals surface area contributed by atoms with E-state index in [1.807, 2.05) is 7.05 Å². The summed E-state index contributed by atoms with van der Waals surface area (Å²) >= 11 is 0. The van der Waals surface area contributed by atoms with Crippen LogP contribution >= 0.6 is 0 Å². The first-order valence-corrected chi connectivity index (χ1v) is 7.09. The van der Waals surface area contributed by atoms with E-state index >= 15 is 0 Å². The maximum Gasteiger partial charge on any atom is 0.138 e. The Balaban J connectivity index is 2.66. The second-order valence-corrected chi connectivity index (χ2v) is 6.32. The predicted octanol–water partition coefficient (Wildman–Crippen LogP) is 4.71. The van der Waals surface area contributed by atoms with Gasteiger partial charge in [-0.05, 0) is 37.4 Å². The number of benzene rings is 1. The topological polar surface area (TPSA) is 25.2 Å². The van der Waals surface area contributed by atoms with Crippen LogP contribution in [0.2, 0.25) is 0 Å². The lowest BCUT2D eigenvalue weighted by atomic mass is 9.85. The van der Waals surface area contributed by atoms with Crippen LogP contribution in [0.5, 0.6) is 0 Å². The van der Waals surface area contributed by atoms with Crippen molar-refractivity contribution in [2.75, 3.05) is 7.05 Å². The Morgan fingerprint density at radius 3 is 2.47 bits per heavy atom. The zero-order valence-electron chi connectivity index (χ0n) is 12.9. The smallest absolute Gasteiger partial charge is 0.138 e. The van der Waals surface area contributed by atoms with Crippen molar-refractivity contribution < 1.29 is 4.42 Å². The van der Waals surface area contributed by atoms with Gasteiger partial charge in [-0.25, -0.2) is 0 Å². The van der Waals surface area contributed by atoms with E-state index in [4.69, 9.17) is 4.42 Å². The molecule has 0 saturated carbocycles. The van der Waals surface area contributed by atoms with Crippen molar-refractivity contribution in [1.29, 1.82) is 0 Å². The molecular formula is C17H25NO. The summed E-state index contributed by atoms with van der Waals surface area (Å²) in [5.74, 6) is 1.04. The fraction of sp³-hybridized carbons (Fsp3) is 0.529. The fourth-order valence-electron chi connectivity index (χ4n) is 2.59. The SMILES string of the molecule is CCC(NC)c1cc2c(C)ccc(C(C)(C)C)c2o1. The van der Waals surface area contributed by atoms with Crippen LogP contribution in [-0.2, 0) is 5.41 Å². The summed E-state index contributed by atoms with van der Waals surface area (Å²) in [6.07, 6.45) is 1.03. The molecule has 0 spiro atoms. The first-order valence-electron chi connectivity index (χ1n) is 7.09. The minimum absolute atomic E-state index is 0.0996. The Morgan fingerprint density at radius 1 is 1.26 bits per heavy atom. The van der Waals surface area contributed by atoms with E-state index in [0.717, 1.165) is 17.8 Å². The van der Waals surface area contributed by atoms with Gasteiger partial charge in [0.2, 0.25) is 0 Å². The molecular weight excluding hydrogens is 234 g/mol. The van der Waals surface area contributed by atoms with Crippen molar-refractivity contribution >= 4 is 11.0 Å². The molecule has 2 rings (SSSR count). The number of nitrogens with one attached hydrogen (secondary N) is 1. The molecule has 1 heterocycles. The number of furan rings is 1. The lowest BCUT2D eigenvalue weighted by molar-refractivity contribution is 0.439. The average molecular weight is 259 g/mol. The van der Waals surface area contributed by atoms with Gasteiger partial charge in [0, 0.05) is 10.9 Å². The van der Waals surface area contributed by atoms with Gasteiger partial charge in [-0.15, -0.1) is 0 Å². The molecule has 0 aliphatic rings. The number of aryl methyl sites for hydroxylation is 1. The monoisotopic (exact) mass is 259 g/mol. The van der Waals surface area contributed by atoms with E-state index in [9.17, 15) is 0 Å². The maximum absolute atomic E-state index is 6.19. The van der Waals surface area contributed by atoms with E-state index < -0.39 is 0 Å². The lowest BCUT2D eigenvalue weighted by Gasteiger charge is -2.19. The Kier molecular flexibility index (Phi) is 3.73. The van der Waals surface area contributed by atoms with E-state index in [-0.39, 0.29) is 5.41 Å². The molecule has 0 fully saturated rings. The van der Waals surface area contributed by atoms with Gasteiger partial charge in [0.05, 0.1) is 6.04 Å². The number of fused-ring (bicyclic) bond motifs is 1. The Bertz CT molecular complexity index is 571. The molecule has 1 aromatic heterocycles. The van der Waals surface area contributed by atoms with Crippen LogP contribution in [0.1, 0.15) is 57.0 Å². The number of rotatable bonds is 3. The molecule has 2 nitrogen and oxygen atoms in total. The molecule has 1 unspecified atom stereocenters. The van der Waals surface area contributed by atoms with E-state index in [2.05, 4.69) is 58.1 Å². The van der Waals surface area contributed by atoms with Gasteiger partial charge in [0.1, 0.15) is 11.3 Å². The predicted molar refractivity (Wildman–Crippen MR) is 81.7 cm³/mol. The quantitative estimate of drug-likeness (QED) is 0.863. The summed E-state index contributed by atoms with van der Waals surface area (Å²) in [5.41, 5.74) is 3.72. The summed E-state index contributed by atoms with van der Waals surface area (Å²) in [6, 6.07) is 6.89. The van der Waals surface area contributed by atoms with Crippen LogP contribution in [0.25, 0.3) is 11.0 Å². The molecule has 0 radical (unpaired) electrons. The van der Waals surface area contributed by atoms with Crippen LogP contribution < -0.4 is 5.32 Å². The molecule has 0 aliphatic heterocycles. The summed E-state index contributed by atoms with van der Waals surface area (Å²) in [6.45, 7) is 11.0. The van der Waals surface area contributed by atoms with Crippen LogP contribution in [-0.4, -0.2) is 7.05 Å². The van der Waals surface area contributed by atoms with Crippen LogP contribution in [0.3, 0.4) is 0 Å². The van der Waals surface area contributed by atoms with Crippen molar-refractivity contribution in [2.45, 2.75) is 52.5 Å². The molecule has 104 valence electrons. The largest absolute Gasteiger partial charge is 0.459 e. The molecule has 2 heteroatoms. The van der Waals surface area contributed by atoms with Crippen molar-refractivity contribution in [3.63, 3.8) is 0 Å². The highest BCUT2D eigenvalue weighted by atomic mass is 16.3. The zero-order valence-corrected chi connectivity index (χ0v) is 12.9. The molecule has 0 bridgehead atoms. The third kappa shape index (κ3) is 2.55. The van der Waals surface area contributed by atoms with Crippen LogP contribution in [0.4, 0.5) is 0 Å². The van der Waals surface area contributed by atoms with E-state index in [1.54, 1.807) is 0 Å². The third-order valence-electron chi connectivity index (χ3n) is 3.83. The Labute approximate surface area is 116 Å². The molecule has 2 aromatic rings. The van der Waals surface area contributed by atoms with Gasteiger partial charge < -0.3 is 9.73 Å². The number of hydrogen-bond acceptors (Lipinski definition) is 2. The van der Waals surface area contributed by atoms with Gasteiger partial charge >= 0.3 is 0 Å². The Hall–Kier alpha value is -1.28. The molecule has 1 aromatic carbocycles. The first kappa shape index (κ1) is 14.1. The van der Waals surface area contributed by atoms with Gasteiger partial charge in [-0.1, -0.05) is 39.8 Å². The van der Waals surface area contributed by atoms with E-state index in [0.29, 0.717) is 6.04 Å². The molecule has 1 atom stereocenters. The molecule has 19 heavy (non-hydrogen) atoms. The molecule has 0 amide bonds. The van der Waals surface area contributed by atoms with Crippen molar-refractivity contribution in [3.05, 3.63) is 35.1 Å². The molecule has 0 saturated heterocycles.